The van der Waals surface area contributed by atoms with Crippen LogP contribution in [0.25, 0.3) is 0 Å². The van der Waals surface area contributed by atoms with E-state index in [-0.39, 0.29) is 16.7 Å². The maximum Gasteiger partial charge on any atom is 0.303 e. The summed E-state index contributed by atoms with van der Waals surface area (Å²) >= 11 is 0. The van der Waals surface area contributed by atoms with Crippen molar-refractivity contribution < 1.29 is 22.9 Å². The molecule has 7 heteroatoms. The van der Waals surface area contributed by atoms with E-state index in [0.29, 0.717) is 6.42 Å². The Morgan fingerprint density at radius 1 is 1.26 bits per heavy atom. The van der Waals surface area contributed by atoms with Gasteiger partial charge in [-0.05, 0) is 43.5 Å². The number of benzene rings is 1. The Hall–Kier alpha value is -1.73. The van der Waals surface area contributed by atoms with Gasteiger partial charge in [0.1, 0.15) is 0 Å². The molecule has 0 saturated carbocycles. The van der Waals surface area contributed by atoms with E-state index in [0.717, 1.165) is 36.2 Å². The van der Waals surface area contributed by atoms with E-state index in [2.05, 4.69) is 4.99 Å². The lowest BCUT2D eigenvalue weighted by atomic mass is 9.76. The van der Waals surface area contributed by atoms with Gasteiger partial charge in [0.15, 0.2) is 0 Å². The Morgan fingerprint density at radius 3 is 2.57 bits per heavy atom. The van der Waals surface area contributed by atoms with Crippen molar-refractivity contribution in [1.29, 1.82) is 0 Å². The van der Waals surface area contributed by atoms with Crippen LogP contribution in [0.15, 0.2) is 28.1 Å². The molecule has 0 bridgehead atoms. The van der Waals surface area contributed by atoms with Crippen LogP contribution in [0.4, 0.5) is 5.69 Å². The zero-order chi connectivity index (χ0) is 17.3. The number of carbonyl (C=O) groups is 1. The Kier molecular flexibility index (Phi) is 4.91. The van der Waals surface area contributed by atoms with Crippen molar-refractivity contribution in [3.63, 3.8) is 0 Å². The first-order valence-electron chi connectivity index (χ1n) is 7.54. The summed E-state index contributed by atoms with van der Waals surface area (Å²) in [6.45, 7) is 3.91. The molecular formula is C16H21NO5S. The molecule has 2 N–H and O–H groups in total. The first-order chi connectivity index (χ1) is 10.6. The average molecular weight is 339 g/mol. The highest BCUT2D eigenvalue weighted by Gasteiger charge is 2.37. The van der Waals surface area contributed by atoms with Crippen molar-refractivity contribution in [2.45, 2.75) is 56.3 Å². The maximum atomic E-state index is 11.4. The average Bonchev–Trinajstić information content (AvgIpc) is 2.69. The number of aliphatic imine (C=N–C) groups is 1. The molecule has 126 valence electrons. The summed E-state index contributed by atoms with van der Waals surface area (Å²) in [7, 11) is -4.25. The molecule has 0 aromatic heterocycles. The van der Waals surface area contributed by atoms with Crippen LogP contribution in [0.5, 0.6) is 0 Å². The fourth-order valence-electron chi connectivity index (χ4n) is 2.96. The summed E-state index contributed by atoms with van der Waals surface area (Å²) in [5.41, 5.74) is 2.03. The lowest BCUT2D eigenvalue weighted by molar-refractivity contribution is -0.137. The molecule has 1 aliphatic rings. The second-order valence-electron chi connectivity index (χ2n) is 6.14. The standard InChI is InChI=1S/C16H21NO5S/c1-11-16(2,9-5-3-4-6-15(18)19)13-10-12(23(20,21)22)7-8-14(13)17-11/h7-8,10H,3-6,9H2,1-2H3,(H,18,19)(H,20,21,22)/t16-/m1/s1. The number of hydrogen-bond acceptors (Lipinski definition) is 4. The lowest BCUT2D eigenvalue weighted by Crippen LogP contribution is -2.27. The highest BCUT2D eigenvalue weighted by atomic mass is 32.2. The van der Waals surface area contributed by atoms with Crippen molar-refractivity contribution in [1.82, 2.24) is 0 Å². The van der Waals surface area contributed by atoms with E-state index >= 15 is 0 Å². The second-order valence-corrected chi connectivity index (χ2v) is 7.56. The van der Waals surface area contributed by atoms with E-state index in [1.807, 2.05) is 13.8 Å². The van der Waals surface area contributed by atoms with Crippen LogP contribution in [0.1, 0.15) is 51.5 Å². The number of carboxylic acid groups (broad SMARTS) is 1. The predicted molar refractivity (Wildman–Crippen MR) is 87.1 cm³/mol. The molecule has 0 aliphatic carbocycles. The normalized spacial score (nSPS) is 20.2. The minimum atomic E-state index is -4.25. The van der Waals surface area contributed by atoms with Crippen molar-refractivity contribution in [2.75, 3.05) is 0 Å². The molecule has 0 radical (unpaired) electrons. The summed E-state index contributed by atoms with van der Waals surface area (Å²) in [6.07, 6.45) is 3.16. The van der Waals surface area contributed by atoms with E-state index in [9.17, 15) is 17.8 Å². The topological polar surface area (TPSA) is 104 Å². The van der Waals surface area contributed by atoms with Gasteiger partial charge in [0.2, 0.25) is 0 Å². The number of nitrogens with zero attached hydrogens (tertiary/aromatic N) is 1. The van der Waals surface area contributed by atoms with Gasteiger partial charge in [-0.15, -0.1) is 0 Å². The molecule has 0 amide bonds. The molecule has 0 saturated heterocycles. The van der Waals surface area contributed by atoms with Crippen LogP contribution < -0.4 is 0 Å². The van der Waals surface area contributed by atoms with Gasteiger partial charge in [0, 0.05) is 17.5 Å². The van der Waals surface area contributed by atoms with Crippen LogP contribution in [0, 0.1) is 0 Å². The monoisotopic (exact) mass is 339 g/mol. The van der Waals surface area contributed by atoms with Gasteiger partial charge in [0.05, 0.1) is 10.6 Å². The SMILES string of the molecule is CC1=Nc2ccc(S(=O)(=O)O)cc2[C@]1(C)CCCCCC(=O)O. The van der Waals surface area contributed by atoms with Gasteiger partial charge in [-0.1, -0.05) is 19.8 Å². The largest absolute Gasteiger partial charge is 0.481 e. The summed E-state index contributed by atoms with van der Waals surface area (Å²) in [4.78, 5) is 14.9. The van der Waals surface area contributed by atoms with E-state index in [4.69, 9.17) is 5.11 Å². The Labute approximate surface area is 136 Å². The predicted octanol–water partition coefficient (Wildman–Crippen LogP) is 3.33. The first kappa shape index (κ1) is 17.6. The lowest BCUT2D eigenvalue weighted by Gasteiger charge is -2.26. The van der Waals surface area contributed by atoms with Crippen LogP contribution in [-0.4, -0.2) is 29.8 Å². The fourth-order valence-corrected chi connectivity index (χ4v) is 3.47. The molecule has 6 nitrogen and oxygen atoms in total. The van der Waals surface area contributed by atoms with Crippen molar-refractivity contribution >= 4 is 27.5 Å². The van der Waals surface area contributed by atoms with E-state index in [1.165, 1.54) is 12.1 Å². The molecule has 1 aromatic rings. The van der Waals surface area contributed by atoms with Gasteiger partial charge < -0.3 is 5.11 Å². The number of unbranched alkanes of at least 4 members (excludes halogenated alkanes) is 2. The summed E-state index contributed by atoms with van der Waals surface area (Å²) in [6, 6.07) is 4.45. The highest BCUT2D eigenvalue weighted by Crippen LogP contribution is 2.44. The molecule has 2 rings (SSSR count). The molecule has 23 heavy (non-hydrogen) atoms. The Balaban J connectivity index is 2.17. The fraction of sp³-hybridized carbons (Fsp3) is 0.500. The molecule has 1 aromatic carbocycles. The smallest absolute Gasteiger partial charge is 0.303 e. The van der Waals surface area contributed by atoms with E-state index < -0.39 is 16.1 Å². The highest BCUT2D eigenvalue weighted by molar-refractivity contribution is 7.85. The minimum Gasteiger partial charge on any atom is -0.481 e. The third-order valence-electron chi connectivity index (χ3n) is 4.51. The molecule has 1 aliphatic heterocycles. The van der Waals surface area contributed by atoms with Crippen molar-refractivity contribution in [3.8, 4) is 0 Å². The van der Waals surface area contributed by atoms with E-state index in [1.54, 1.807) is 6.07 Å². The van der Waals surface area contributed by atoms with Crippen molar-refractivity contribution in [2.24, 2.45) is 4.99 Å². The summed E-state index contributed by atoms with van der Waals surface area (Å²) in [5, 5.41) is 8.65. The number of rotatable bonds is 7. The zero-order valence-electron chi connectivity index (χ0n) is 13.2. The zero-order valence-corrected chi connectivity index (χ0v) is 14.1. The summed E-state index contributed by atoms with van der Waals surface area (Å²) in [5.74, 6) is -0.794. The molecule has 1 atom stereocenters. The third-order valence-corrected chi connectivity index (χ3v) is 5.36. The van der Waals surface area contributed by atoms with Crippen LogP contribution in [0.2, 0.25) is 0 Å². The summed E-state index contributed by atoms with van der Waals surface area (Å²) < 4.78 is 31.9. The molecule has 1 heterocycles. The number of fused-ring (bicyclic) bond motifs is 1. The number of carboxylic acids is 1. The van der Waals surface area contributed by atoms with Gasteiger partial charge in [0.25, 0.3) is 10.1 Å². The number of aliphatic carboxylic acids is 1. The maximum absolute atomic E-state index is 11.4. The van der Waals surface area contributed by atoms with Crippen LogP contribution >= 0.6 is 0 Å². The Morgan fingerprint density at radius 2 is 1.96 bits per heavy atom. The Bertz CT molecular complexity index is 754. The van der Waals surface area contributed by atoms with Crippen molar-refractivity contribution in [3.05, 3.63) is 23.8 Å². The van der Waals surface area contributed by atoms with Gasteiger partial charge in [-0.25, -0.2) is 0 Å². The molecule has 0 fully saturated rings. The molecule has 0 unspecified atom stereocenters. The van der Waals surface area contributed by atoms with Gasteiger partial charge in [-0.3, -0.25) is 14.3 Å². The molecular weight excluding hydrogens is 318 g/mol. The third kappa shape index (κ3) is 3.79. The minimum absolute atomic E-state index is 0.127. The van der Waals surface area contributed by atoms with Crippen LogP contribution in [0.3, 0.4) is 0 Å². The molecule has 0 spiro atoms. The first-order valence-corrected chi connectivity index (χ1v) is 8.98. The van der Waals surface area contributed by atoms with Gasteiger partial charge >= 0.3 is 5.97 Å². The quantitative estimate of drug-likeness (QED) is 0.585. The number of hydrogen-bond donors (Lipinski definition) is 2. The van der Waals surface area contributed by atoms with Gasteiger partial charge in [-0.2, -0.15) is 8.42 Å². The second kappa shape index (κ2) is 6.41. The van der Waals surface area contributed by atoms with Crippen LogP contribution in [-0.2, 0) is 20.3 Å².